The van der Waals surface area contributed by atoms with E-state index in [1.165, 1.54) is 13.2 Å². The van der Waals surface area contributed by atoms with E-state index < -0.39 is 11.4 Å². The predicted octanol–water partition coefficient (Wildman–Crippen LogP) is 3.65. The Kier molecular flexibility index (Phi) is 6.89. The van der Waals surface area contributed by atoms with Gasteiger partial charge in [0, 0.05) is 49.4 Å². The van der Waals surface area contributed by atoms with Crippen molar-refractivity contribution in [2.45, 2.75) is 52.2 Å². The third-order valence-electron chi connectivity index (χ3n) is 6.57. The van der Waals surface area contributed by atoms with Gasteiger partial charge >= 0.3 is 6.09 Å². The lowest BCUT2D eigenvalue weighted by atomic mass is 10.0. The number of hydrogen-bond acceptors (Lipinski definition) is 7. The number of fused-ring (bicyclic) bond motifs is 1. The van der Waals surface area contributed by atoms with E-state index in [0.717, 1.165) is 28.9 Å². The molecule has 1 unspecified atom stereocenters. The smallest absolute Gasteiger partial charge is 0.410 e. The first-order valence-electron chi connectivity index (χ1n) is 12.6. The largest absolute Gasteiger partial charge is 0.479 e. The van der Waals surface area contributed by atoms with Crippen molar-refractivity contribution in [1.29, 1.82) is 0 Å². The lowest BCUT2D eigenvalue weighted by Crippen LogP contribution is -2.35. The molecule has 0 aromatic carbocycles. The highest BCUT2D eigenvalue weighted by Gasteiger charge is 2.30. The number of carbonyl (C=O) groups excluding carboxylic acids is 1. The van der Waals surface area contributed by atoms with Crippen LogP contribution in [0.1, 0.15) is 38.4 Å². The van der Waals surface area contributed by atoms with Crippen LogP contribution in [0.2, 0.25) is 0 Å². The van der Waals surface area contributed by atoms with Gasteiger partial charge in [-0.2, -0.15) is 10.2 Å². The van der Waals surface area contributed by atoms with Crippen LogP contribution < -0.4 is 4.74 Å². The number of likely N-dealkylation sites (tertiary alicyclic amines) is 1. The maximum absolute atomic E-state index is 14.5. The summed E-state index contributed by atoms with van der Waals surface area (Å²) in [4.78, 5) is 18.3. The maximum atomic E-state index is 14.5. The molecule has 198 valence electrons. The molecule has 1 amide bonds. The Balaban J connectivity index is 1.39. The number of nitrogens with zero attached hydrogens (tertiary/aromatic N) is 6. The van der Waals surface area contributed by atoms with Gasteiger partial charge in [0.1, 0.15) is 5.60 Å². The zero-order valence-electron chi connectivity index (χ0n) is 21.7. The monoisotopic (exact) mass is 512 g/mol. The van der Waals surface area contributed by atoms with E-state index in [0.29, 0.717) is 51.4 Å². The molecule has 1 fully saturated rings. The van der Waals surface area contributed by atoms with Crippen LogP contribution in [0, 0.1) is 11.7 Å². The van der Waals surface area contributed by atoms with Crippen molar-refractivity contribution in [2.75, 3.05) is 33.4 Å². The topological polar surface area (TPSA) is 96.5 Å². The summed E-state index contributed by atoms with van der Waals surface area (Å²) in [5.74, 6) is -0.334. The molecule has 5 heterocycles. The molecular formula is C26H33FN6O4. The molecule has 3 aromatic heterocycles. The fraction of sp³-hybridized carbons (Fsp3) is 0.538. The quantitative estimate of drug-likeness (QED) is 0.515. The minimum Gasteiger partial charge on any atom is -0.479 e. The lowest BCUT2D eigenvalue weighted by Gasteiger charge is -2.24. The number of hydrogen-bond donors (Lipinski definition) is 0. The molecule has 2 aliphatic rings. The highest BCUT2D eigenvalue weighted by Crippen LogP contribution is 2.32. The molecule has 11 heteroatoms. The Bertz CT molecular complexity index is 1280. The Labute approximate surface area is 215 Å². The SMILES string of the molecule is COc1ncc(-n2nc3c(c2-c2cnn(CC4CCN(C(=O)OC(C)(C)C)C4)c2)CCOCC3)cc1F. The summed E-state index contributed by atoms with van der Waals surface area (Å²) in [6, 6.07) is 1.38. The normalized spacial score (nSPS) is 18.0. The van der Waals surface area contributed by atoms with Crippen molar-refractivity contribution in [1.82, 2.24) is 29.4 Å². The van der Waals surface area contributed by atoms with Gasteiger partial charge in [-0.15, -0.1) is 0 Å². The van der Waals surface area contributed by atoms with E-state index in [1.807, 2.05) is 37.8 Å². The molecule has 2 aliphatic heterocycles. The Morgan fingerprint density at radius 2 is 2.05 bits per heavy atom. The summed E-state index contributed by atoms with van der Waals surface area (Å²) in [7, 11) is 1.39. The zero-order valence-corrected chi connectivity index (χ0v) is 21.7. The van der Waals surface area contributed by atoms with Gasteiger partial charge in [0.2, 0.25) is 5.88 Å². The summed E-state index contributed by atoms with van der Waals surface area (Å²) < 4.78 is 34.4. The van der Waals surface area contributed by atoms with Crippen LogP contribution in [-0.4, -0.2) is 74.6 Å². The second-order valence-corrected chi connectivity index (χ2v) is 10.5. The molecule has 1 atom stereocenters. The number of methoxy groups -OCH3 is 1. The molecule has 1 saturated heterocycles. The van der Waals surface area contributed by atoms with Crippen LogP contribution in [0.15, 0.2) is 24.7 Å². The molecule has 0 saturated carbocycles. The van der Waals surface area contributed by atoms with E-state index in [9.17, 15) is 9.18 Å². The van der Waals surface area contributed by atoms with Gasteiger partial charge in [-0.3, -0.25) is 4.68 Å². The molecule has 0 bridgehead atoms. The molecule has 5 rings (SSSR count). The van der Waals surface area contributed by atoms with E-state index in [2.05, 4.69) is 10.1 Å². The van der Waals surface area contributed by atoms with Gasteiger partial charge in [-0.25, -0.2) is 18.9 Å². The summed E-state index contributed by atoms with van der Waals surface area (Å²) in [5, 5.41) is 9.44. The number of halogens is 1. The van der Waals surface area contributed by atoms with E-state index in [4.69, 9.17) is 19.3 Å². The fourth-order valence-electron chi connectivity index (χ4n) is 4.89. The van der Waals surface area contributed by atoms with Gasteiger partial charge in [0.25, 0.3) is 0 Å². The number of aromatic nitrogens is 5. The third kappa shape index (κ3) is 5.46. The number of rotatable bonds is 5. The van der Waals surface area contributed by atoms with Crippen molar-refractivity contribution in [3.05, 3.63) is 41.7 Å². The molecular weight excluding hydrogens is 479 g/mol. The molecule has 0 aliphatic carbocycles. The van der Waals surface area contributed by atoms with Gasteiger partial charge in [0.15, 0.2) is 5.82 Å². The number of ether oxygens (including phenoxy) is 3. The first-order valence-corrected chi connectivity index (χ1v) is 12.6. The minimum absolute atomic E-state index is 0.0581. The predicted molar refractivity (Wildman–Crippen MR) is 133 cm³/mol. The van der Waals surface area contributed by atoms with E-state index in [-0.39, 0.29) is 17.9 Å². The van der Waals surface area contributed by atoms with E-state index in [1.54, 1.807) is 15.8 Å². The molecule has 0 radical (unpaired) electrons. The maximum Gasteiger partial charge on any atom is 0.410 e. The molecule has 37 heavy (non-hydrogen) atoms. The van der Waals surface area contributed by atoms with Crippen molar-refractivity contribution in [3.63, 3.8) is 0 Å². The molecule has 0 spiro atoms. The summed E-state index contributed by atoms with van der Waals surface area (Å²) >= 11 is 0. The van der Waals surface area contributed by atoms with Crippen LogP contribution in [0.5, 0.6) is 5.88 Å². The molecule has 10 nitrogen and oxygen atoms in total. The van der Waals surface area contributed by atoms with Crippen LogP contribution in [0.4, 0.5) is 9.18 Å². The van der Waals surface area contributed by atoms with Crippen LogP contribution >= 0.6 is 0 Å². The van der Waals surface area contributed by atoms with Gasteiger partial charge in [-0.1, -0.05) is 0 Å². The summed E-state index contributed by atoms with van der Waals surface area (Å²) in [5.41, 5.74) is 3.75. The molecule has 0 N–H and O–H groups in total. The number of amides is 1. The average Bonchev–Trinajstić information content (AvgIpc) is 3.54. The highest BCUT2D eigenvalue weighted by atomic mass is 19.1. The standard InChI is InChI=1S/C26H33FN6O4/c1-26(2,3)37-25(34)31-8-5-17(14-31)15-32-16-18(12-29-32)23-20-6-9-36-10-7-22(20)30-33(23)19-11-21(27)24(35-4)28-13-19/h11-13,16-17H,5-10,14-15H2,1-4H3. The second-order valence-electron chi connectivity index (χ2n) is 10.5. The van der Waals surface area contributed by atoms with Crippen LogP contribution in [0.3, 0.4) is 0 Å². The van der Waals surface area contributed by atoms with Gasteiger partial charge < -0.3 is 19.1 Å². The highest BCUT2D eigenvalue weighted by molar-refractivity contribution is 5.68. The first kappa shape index (κ1) is 25.2. The van der Waals surface area contributed by atoms with Crippen molar-refractivity contribution >= 4 is 6.09 Å². The average molecular weight is 513 g/mol. The lowest BCUT2D eigenvalue weighted by molar-refractivity contribution is 0.0286. The Hall–Kier alpha value is -3.47. The number of pyridine rings is 1. The minimum atomic E-state index is -0.550. The summed E-state index contributed by atoms with van der Waals surface area (Å²) in [6.45, 7) is 8.78. The number of carbonyl (C=O) groups is 1. The third-order valence-corrected chi connectivity index (χ3v) is 6.57. The van der Waals surface area contributed by atoms with E-state index >= 15 is 0 Å². The van der Waals surface area contributed by atoms with Crippen molar-refractivity contribution in [3.8, 4) is 22.8 Å². The van der Waals surface area contributed by atoms with Crippen molar-refractivity contribution < 1.29 is 23.4 Å². The molecule has 3 aromatic rings. The van der Waals surface area contributed by atoms with Gasteiger partial charge in [-0.05, 0) is 39.5 Å². The van der Waals surface area contributed by atoms with Crippen LogP contribution in [-0.2, 0) is 28.9 Å². The first-order chi connectivity index (χ1) is 17.7. The second kappa shape index (κ2) is 10.1. The zero-order chi connectivity index (χ0) is 26.2. The van der Waals surface area contributed by atoms with Gasteiger partial charge in [0.05, 0.1) is 49.8 Å². The van der Waals surface area contributed by atoms with Crippen LogP contribution in [0.25, 0.3) is 16.9 Å². The Morgan fingerprint density at radius 1 is 1.24 bits per heavy atom. The van der Waals surface area contributed by atoms with Crippen molar-refractivity contribution in [2.24, 2.45) is 5.92 Å². The fourth-order valence-corrected chi connectivity index (χ4v) is 4.89. The Morgan fingerprint density at radius 3 is 2.81 bits per heavy atom. The summed E-state index contributed by atoms with van der Waals surface area (Å²) in [6.07, 6.45) is 7.35.